The molecule has 0 saturated carbocycles. The van der Waals surface area contributed by atoms with Crippen molar-refractivity contribution in [3.63, 3.8) is 0 Å². The topological polar surface area (TPSA) is 133 Å². The molecule has 2 unspecified atom stereocenters. The molecule has 2 atom stereocenters. The summed E-state index contributed by atoms with van der Waals surface area (Å²) in [6.45, 7) is 0.254. The summed E-state index contributed by atoms with van der Waals surface area (Å²) < 4.78 is 0.953. The van der Waals surface area contributed by atoms with Crippen LogP contribution in [0.25, 0.3) is 10.1 Å². The molecule has 36 heavy (non-hydrogen) atoms. The Kier molecular flexibility index (Phi) is 8.06. The maximum absolute atomic E-state index is 12.9. The van der Waals surface area contributed by atoms with E-state index >= 15 is 0 Å². The first-order valence-corrected chi connectivity index (χ1v) is 12.4. The molecule has 0 bridgehead atoms. The smallest absolute Gasteiger partial charge is 0.289 e. The number of benzene rings is 2. The van der Waals surface area contributed by atoms with E-state index in [9.17, 15) is 24.0 Å². The van der Waals surface area contributed by atoms with E-state index in [1.54, 1.807) is 6.07 Å². The number of rotatable bonds is 10. The molecule has 4 rings (SSSR count). The van der Waals surface area contributed by atoms with Crippen LogP contribution in [0.3, 0.4) is 0 Å². The van der Waals surface area contributed by atoms with E-state index in [4.69, 9.17) is 0 Å². The zero-order valence-corrected chi connectivity index (χ0v) is 20.2. The molecule has 2 aromatic carbocycles. The molecule has 1 fully saturated rings. The summed E-state index contributed by atoms with van der Waals surface area (Å²) >= 11 is 1.31. The lowest BCUT2D eigenvalue weighted by Crippen LogP contribution is -2.50. The number of thiophene rings is 1. The predicted octanol–water partition coefficient (Wildman–Crippen LogP) is 1.53. The summed E-state index contributed by atoms with van der Waals surface area (Å²) in [7, 11) is 0. The highest BCUT2D eigenvalue weighted by molar-refractivity contribution is 7.20. The molecule has 4 amide bonds. The second-order valence-corrected chi connectivity index (χ2v) is 9.58. The Bertz CT molecular complexity index is 1260. The van der Waals surface area contributed by atoms with E-state index in [0.717, 1.165) is 15.6 Å². The quantitative estimate of drug-likeness (QED) is 0.310. The molecule has 10 heteroatoms. The number of hydrogen-bond acceptors (Lipinski definition) is 6. The van der Waals surface area contributed by atoms with Crippen LogP contribution >= 0.6 is 11.3 Å². The van der Waals surface area contributed by atoms with Crippen molar-refractivity contribution in [1.29, 1.82) is 0 Å². The molecule has 0 spiro atoms. The molecule has 186 valence electrons. The Morgan fingerprint density at radius 2 is 1.75 bits per heavy atom. The van der Waals surface area contributed by atoms with Gasteiger partial charge in [-0.25, -0.2) is 0 Å². The fourth-order valence-electron chi connectivity index (χ4n) is 4.00. The van der Waals surface area contributed by atoms with E-state index in [1.165, 1.54) is 11.3 Å². The van der Waals surface area contributed by atoms with Gasteiger partial charge in [-0.05, 0) is 35.9 Å². The first kappa shape index (κ1) is 25.1. The average Bonchev–Trinajstić information content (AvgIpc) is 3.51. The Morgan fingerprint density at radius 1 is 1.00 bits per heavy atom. The van der Waals surface area contributed by atoms with Gasteiger partial charge in [-0.1, -0.05) is 48.5 Å². The highest BCUT2D eigenvalue weighted by Gasteiger charge is 2.34. The van der Waals surface area contributed by atoms with Crippen molar-refractivity contribution >= 4 is 50.8 Å². The second kappa shape index (κ2) is 11.6. The van der Waals surface area contributed by atoms with Crippen LogP contribution in [0, 0.1) is 5.92 Å². The molecule has 1 aliphatic heterocycles. The third-order valence-electron chi connectivity index (χ3n) is 5.91. The number of carbonyl (C=O) groups excluding carboxylic acids is 5. The summed E-state index contributed by atoms with van der Waals surface area (Å²) in [6, 6.07) is 17.2. The van der Waals surface area contributed by atoms with Gasteiger partial charge in [0.15, 0.2) is 0 Å². The fourth-order valence-corrected chi connectivity index (χ4v) is 4.98. The minimum absolute atomic E-state index is 0.000571. The Morgan fingerprint density at radius 3 is 2.47 bits per heavy atom. The summed E-state index contributed by atoms with van der Waals surface area (Å²) in [5, 5.41) is 11.3. The largest absolute Gasteiger partial charge is 0.356 e. The number of amides is 4. The van der Waals surface area contributed by atoms with Gasteiger partial charge in [0.05, 0.1) is 17.5 Å². The normalized spacial score (nSPS) is 15.7. The van der Waals surface area contributed by atoms with Crippen LogP contribution in [0.2, 0.25) is 0 Å². The van der Waals surface area contributed by atoms with E-state index in [2.05, 4.69) is 21.3 Å². The van der Waals surface area contributed by atoms with E-state index in [-0.39, 0.29) is 25.4 Å². The number of nitrogens with one attached hydrogen (secondary N) is 4. The van der Waals surface area contributed by atoms with Gasteiger partial charge in [0.25, 0.3) is 11.8 Å². The Hall–Kier alpha value is -4.05. The van der Waals surface area contributed by atoms with Crippen molar-refractivity contribution in [2.45, 2.75) is 25.4 Å². The molecule has 0 aliphatic carbocycles. The average molecular weight is 507 g/mol. The van der Waals surface area contributed by atoms with E-state index < -0.39 is 35.5 Å². The van der Waals surface area contributed by atoms with Crippen molar-refractivity contribution in [2.75, 3.05) is 13.1 Å². The summed E-state index contributed by atoms with van der Waals surface area (Å²) in [6.07, 6.45) is 0.506. The van der Waals surface area contributed by atoms with Gasteiger partial charge in [-0.2, -0.15) is 0 Å². The van der Waals surface area contributed by atoms with Crippen LogP contribution in [0.15, 0.2) is 60.7 Å². The monoisotopic (exact) mass is 506 g/mol. The Labute approximate surface area is 211 Å². The van der Waals surface area contributed by atoms with Crippen molar-refractivity contribution in [3.8, 4) is 0 Å². The van der Waals surface area contributed by atoms with Crippen molar-refractivity contribution < 1.29 is 24.0 Å². The van der Waals surface area contributed by atoms with Crippen LogP contribution in [0.1, 0.15) is 28.1 Å². The van der Waals surface area contributed by atoms with Gasteiger partial charge in [0, 0.05) is 23.7 Å². The molecule has 2 heterocycles. The van der Waals surface area contributed by atoms with Gasteiger partial charge in [0.2, 0.25) is 17.6 Å². The van der Waals surface area contributed by atoms with Crippen molar-refractivity contribution in [2.24, 2.45) is 5.92 Å². The minimum Gasteiger partial charge on any atom is -0.356 e. The zero-order chi connectivity index (χ0) is 25.5. The summed E-state index contributed by atoms with van der Waals surface area (Å²) in [5.41, 5.74) is 0.818. The first-order valence-electron chi connectivity index (χ1n) is 11.6. The molecule has 3 aromatic rings. The molecular weight excluding hydrogens is 480 g/mol. The highest BCUT2D eigenvalue weighted by atomic mass is 32.1. The fraction of sp³-hybridized carbons (Fsp3) is 0.269. The number of Topliss-reactive ketones (excluding diaryl/α,β-unsaturated/α-hetero) is 1. The SMILES string of the molecule is O=C(CNC(=O)c1cc2ccccc2s1)NC(CC1CCNC1=O)C(=O)C(=O)NCc1ccccc1. The van der Waals surface area contributed by atoms with E-state index in [1.807, 2.05) is 54.6 Å². The van der Waals surface area contributed by atoms with E-state index in [0.29, 0.717) is 17.8 Å². The molecule has 1 saturated heterocycles. The zero-order valence-electron chi connectivity index (χ0n) is 19.4. The lowest BCUT2D eigenvalue weighted by molar-refractivity contribution is -0.140. The maximum Gasteiger partial charge on any atom is 0.289 e. The number of carbonyl (C=O) groups is 5. The second-order valence-electron chi connectivity index (χ2n) is 8.50. The molecular formula is C26H26N4O5S. The third-order valence-corrected chi connectivity index (χ3v) is 7.03. The lowest BCUT2D eigenvalue weighted by atomic mass is 9.95. The number of fused-ring (bicyclic) bond motifs is 1. The molecule has 4 N–H and O–H groups in total. The van der Waals surface area contributed by atoms with Crippen molar-refractivity contribution in [1.82, 2.24) is 21.3 Å². The standard InChI is InChI=1S/C26H26N4O5S/c31-22(15-29-25(34)21-13-17-8-4-5-9-20(17)36-21)30-19(12-18-10-11-27-24(18)33)23(32)26(35)28-14-16-6-2-1-3-7-16/h1-9,13,18-19H,10-12,14-15H2,(H,27,33)(H,28,35)(H,29,34)(H,30,31). The van der Waals surface area contributed by atoms with Gasteiger partial charge in [-0.3, -0.25) is 24.0 Å². The van der Waals surface area contributed by atoms with Crippen LogP contribution in [0.4, 0.5) is 0 Å². The minimum atomic E-state index is -1.19. The van der Waals surface area contributed by atoms with Crippen molar-refractivity contribution in [3.05, 3.63) is 71.1 Å². The van der Waals surface area contributed by atoms with Crippen LogP contribution in [0.5, 0.6) is 0 Å². The summed E-state index contributed by atoms with van der Waals surface area (Å²) in [5.74, 6) is -3.44. The molecule has 9 nitrogen and oxygen atoms in total. The van der Waals surface area contributed by atoms with Gasteiger partial charge in [-0.15, -0.1) is 11.3 Å². The number of ketones is 1. The van der Waals surface area contributed by atoms with Crippen LogP contribution in [-0.2, 0) is 25.7 Å². The molecule has 1 aromatic heterocycles. The molecule has 0 radical (unpaired) electrons. The Balaban J connectivity index is 1.36. The van der Waals surface area contributed by atoms with Gasteiger partial charge < -0.3 is 21.3 Å². The lowest BCUT2D eigenvalue weighted by Gasteiger charge is -2.20. The van der Waals surface area contributed by atoms with Gasteiger partial charge >= 0.3 is 0 Å². The first-order chi connectivity index (χ1) is 17.4. The number of hydrogen-bond donors (Lipinski definition) is 4. The predicted molar refractivity (Wildman–Crippen MR) is 135 cm³/mol. The van der Waals surface area contributed by atoms with Crippen LogP contribution in [-0.4, -0.2) is 48.5 Å². The third kappa shape index (κ3) is 6.33. The highest BCUT2D eigenvalue weighted by Crippen LogP contribution is 2.25. The van der Waals surface area contributed by atoms with Gasteiger partial charge in [0.1, 0.15) is 0 Å². The summed E-state index contributed by atoms with van der Waals surface area (Å²) in [4.78, 5) is 63.1. The molecule has 1 aliphatic rings. The maximum atomic E-state index is 12.9. The van der Waals surface area contributed by atoms with Crippen LogP contribution < -0.4 is 21.3 Å².